The summed E-state index contributed by atoms with van der Waals surface area (Å²) in [4.78, 5) is 12.3. The summed E-state index contributed by atoms with van der Waals surface area (Å²) >= 11 is 5.83. The zero-order valence-electron chi connectivity index (χ0n) is 8.54. The molecule has 3 rings (SSSR count). The van der Waals surface area contributed by atoms with Crippen LogP contribution in [0.3, 0.4) is 0 Å². The number of imidazole rings is 1. The first-order chi connectivity index (χ1) is 8.24. The van der Waals surface area contributed by atoms with Crippen molar-refractivity contribution in [3.63, 3.8) is 0 Å². The highest BCUT2D eigenvalue weighted by atomic mass is 35.5. The summed E-state index contributed by atoms with van der Waals surface area (Å²) in [7, 11) is 0. The number of nitrogens with zero attached hydrogens (tertiary/aromatic N) is 5. The van der Waals surface area contributed by atoms with Gasteiger partial charge in [-0.25, -0.2) is 9.97 Å². The second-order valence-electron chi connectivity index (χ2n) is 3.40. The molecule has 0 saturated heterocycles. The Morgan fingerprint density at radius 3 is 3.06 bits per heavy atom. The summed E-state index contributed by atoms with van der Waals surface area (Å²) < 4.78 is 6.35. The molecule has 0 spiro atoms. The maximum absolute atomic E-state index is 5.83. The number of hydrogen-bond donors (Lipinski definition) is 1. The Labute approximate surface area is 100 Å². The van der Waals surface area contributed by atoms with Gasteiger partial charge in [0.05, 0.1) is 11.6 Å². The first-order valence-electron chi connectivity index (χ1n) is 4.76. The largest absolute Gasteiger partial charge is 0.369 e. The Balaban J connectivity index is 2.12. The summed E-state index contributed by atoms with van der Waals surface area (Å²) in [5.74, 6) is 0.840. The van der Waals surface area contributed by atoms with Gasteiger partial charge >= 0.3 is 0 Å². The average Bonchev–Trinajstić information content (AvgIpc) is 2.88. The van der Waals surface area contributed by atoms with Crippen molar-refractivity contribution < 1.29 is 4.52 Å². The molecule has 0 atom stereocenters. The summed E-state index contributed by atoms with van der Waals surface area (Å²) in [6.45, 7) is 0.355. The van der Waals surface area contributed by atoms with Crippen LogP contribution >= 0.6 is 11.6 Å². The Morgan fingerprint density at radius 1 is 1.41 bits per heavy atom. The van der Waals surface area contributed by atoms with Gasteiger partial charge < -0.3 is 10.3 Å². The van der Waals surface area contributed by atoms with E-state index in [-0.39, 0.29) is 0 Å². The van der Waals surface area contributed by atoms with Gasteiger partial charge in [0, 0.05) is 6.20 Å². The number of anilines is 1. The SMILES string of the molecule is Nc1nc2cc(Cl)cnc2n1Cc1ncon1. The van der Waals surface area contributed by atoms with Crippen LogP contribution in [-0.2, 0) is 6.54 Å². The smallest absolute Gasteiger partial charge is 0.213 e. The maximum atomic E-state index is 5.83. The quantitative estimate of drug-likeness (QED) is 0.732. The zero-order chi connectivity index (χ0) is 11.8. The fraction of sp³-hybridized carbons (Fsp3) is 0.111. The van der Waals surface area contributed by atoms with Gasteiger partial charge in [-0.3, -0.25) is 4.57 Å². The van der Waals surface area contributed by atoms with Gasteiger partial charge in [0.15, 0.2) is 11.5 Å². The van der Waals surface area contributed by atoms with Crippen LogP contribution < -0.4 is 5.73 Å². The van der Waals surface area contributed by atoms with Gasteiger partial charge in [-0.15, -0.1) is 0 Å². The van der Waals surface area contributed by atoms with Gasteiger partial charge in [-0.1, -0.05) is 16.8 Å². The molecule has 8 heteroatoms. The summed E-state index contributed by atoms with van der Waals surface area (Å²) in [6.07, 6.45) is 2.80. The highest BCUT2D eigenvalue weighted by Crippen LogP contribution is 2.19. The molecule has 0 aliphatic carbocycles. The molecule has 7 nitrogen and oxygen atoms in total. The molecule has 3 heterocycles. The second-order valence-corrected chi connectivity index (χ2v) is 3.84. The molecule has 3 aromatic rings. The minimum Gasteiger partial charge on any atom is -0.369 e. The summed E-state index contributed by atoms with van der Waals surface area (Å²) in [5.41, 5.74) is 7.08. The molecule has 17 heavy (non-hydrogen) atoms. The highest BCUT2D eigenvalue weighted by molar-refractivity contribution is 6.31. The molecule has 2 N–H and O–H groups in total. The van der Waals surface area contributed by atoms with Crippen molar-refractivity contribution in [2.24, 2.45) is 0 Å². The van der Waals surface area contributed by atoms with Crippen LogP contribution in [0.4, 0.5) is 5.95 Å². The molecule has 0 radical (unpaired) electrons. The third kappa shape index (κ3) is 1.70. The van der Waals surface area contributed by atoms with Crippen LogP contribution in [0.2, 0.25) is 5.02 Å². The van der Waals surface area contributed by atoms with Crippen molar-refractivity contribution in [2.75, 3.05) is 5.73 Å². The number of halogens is 1. The Hall–Kier alpha value is -2.15. The summed E-state index contributed by atoms with van der Waals surface area (Å²) in [5, 5.41) is 4.23. The van der Waals surface area contributed by atoms with E-state index in [2.05, 4.69) is 24.6 Å². The fourth-order valence-electron chi connectivity index (χ4n) is 1.56. The molecule has 0 aromatic carbocycles. The van der Waals surface area contributed by atoms with Crippen molar-refractivity contribution in [3.05, 3.63) is 29.5 Å². The van der Waals surface area contributed by atoms with Gasteiger partial charge in [-0.2, -0.15) is 4.98 Å². The van der Waals surface area contributed by atoms with E-state index in [9.17, 15) is 0 Å². The van der Waals surface area contributed by atoms with Gasteiger partial charge in [-0.05, 0) is 6.07 Å². The fourth-order valence-corrected chi connectivity index (χ4v) is 1.72. The third-order valence-electron chi connectivity index (χ3n) is 2.29. The van der Waals surface area contributed by atoms with E-state index in [4.69, 9.17) is 17.3 Å². The maximum Gasteiger partial charge on any atom is 0.213 e. The Morgan fingerprint density at radius 2 is 2.29 bits per heavy atom. The van der Waals surface area contributed by atoms with Crippen molar-refractivity contribution >= 4 is 28.7 Å². The monoisotopic (exact) mass is 250 g/mol. The number of hydrogen-bond acceptors (Lipinski definition) is 6. The van der Waals surface area contributed by atoms with E-state index in [1.807, 2.05) is 0 Å². The van der Waals surface area contributed by atoms with Crippen LogP contribution in [0.1, 0.15) is 5.82 Å². The van der Waals surface area contributed by atoms with E-state index in [1.54, 1.807) is 10.6 Å². The predicted octanol–water partition coefficient (Wildman–Crippen LogP) is 1.10. The number of pyridine rings is 1. The first-order valence-corrected chi connectivity index (χ1v) is 5.14. The minimum absolute atomic E-state index is 0.333. The molecule has 0 unspecified atom stereocenters. The molecule has 86 valence electrons. The number of nitrogen functional groups attached to an aromatic ring is 1. The van der Waals surface area contributed by atoms with Gasteiger partial charge in [0.25, 0.3) is 0 Å². The lowest BCUT2D eigenvalue weighted by molar-refractivity contribution is 0.408. The van der Waals surface area contributed by atoms with Crippen molar-refractivity contribution in [3.8, 4) is 0 Å². The topological polar surface area (TPSA) is 95.7 Å². The standard InChI is InChI=1S/C9H7ClN6O/c10-5-1-6-8(12-2-5)16(9(11)14-6)3-7-13-4-17-15-7/h1-2,4H,3H2,(H2,11,14). The normalized spacial score (nSPS) is 11.1. The predicted molar refractivity (Wildman–Crippen MR) is 60.4 cm³/mol. The third-order valence-corrected chi connectivity index (χ3v) is 2.49. The second kappa shape index (κ2) is 3.70. The molecule has 0 bridgehead atoms. The molecular formula is C9H7ClN6O. The molecule has 0 fully saturated rings. The van der Waals surface area contributed by atoms with Crippen molar-refractivity contribution in [2.45, 2.75) is 6.54 Å². The lowest BCUT2D eigenvalue weighted by Gasteiger charge is -2.01. The molecule has 3 aromatic heterocycles. The van der Waals surface area contributed by atoms with Crippen LogP contribution in [0, 0.1) is 0 Å². The van der Waals surface area contributed by atoms with E-state index < -0.39 is 0 Å². The summed E-state index contributed by atoms with van der Waals surface area (Å²) in [6, 6.07) is 1.70. The van der Waals surface area contributed by atoms with Crippen LogP contribution in [0.25, 0.3) is 11.2 Å². The Bertz CT molecular complexity index is 661. The van der Waals surface area contributed by atoms with Gasteiger partial charge in [0.1, 0.15) is 5.52 Å². The minimum atomic E-state index is 0.333. The van der Waals surface area contributed by atoms with Crippen molar-refractivity contribution in [1.82, 2.24) is 24.7 Å². The van der Waals surface area contributed by atoms with E-state index >= 15 is 0 Å². The number of rotatable bonds is 2. The van der Waals surface area contributed by atoms with E-state index in [0.29, 0.717) is 34.5 Å². The number of fused-ring (bicyclic) bond motifs is 1. The lowest BCUT2D eigenvalue weighted by Crippen LogP contribution is -2.06. The first kappa shape index (κ1) is 10.0. The number of nitrogens with two attached hydrogens (primary N) is 1. The van der Waals surface area contributed by atoms with Crippen LogP contribution in [0.5, 0.6) is 0 Å². The van der Waals surface area contributed by atoms with Crippen LogP contribution in [-0.4, -0.2) is 24.7 Å². The van der Waals surface area contributed by atoms with E-state index in [0.717, 1.165) is 0 Å². The molecular weight excluding hydrogens is 244 g/mol. The Kier molecular flexibility index (Phi) is 2.19. The molecule has 0 aliphatic heterocycles. The molecule has 0 saturated carbocycles. The highest BCUT2D eigenvalue weighted by Gasteiger charge is 2.11. The van der Waals surface area contributed by atoms with Gasteiger partial charge in [0.2, 0.25) is 12.3 Å². The average molecular weight is 251 g/mol. The van der Waals surface area contributed by atoms with Crippen LogP contribution in [0.15, 0.2) is 23.2 Å². The van der Waals surface area contributed by atoms with E-state index in [1.165, 1.54) is 12.6 Å². The number of aromatic nitrogens is 5. The molecule has 0 aliphatic rings. The lowest BCUT2D eigenvalue weighted by atomic mass is 10.4. The van der Waals surface area contributed by atoms with Crippen molar-refractivity contribution in [1.29, 1.82) is 0 Å². The molecule has 0 amide bonds. The zero-order valence-corrected chi connectivity index (χ0v) is 9.29.